The monoisotopic (exact) mass is 332 g/mol. The van der Waals surface area contributed by atoms with Crippen LogP contribution in [0.5, 0.6) is 0 Å². The van der Waals surface area contributed by atoms with Gasteiger partial charge in [0.1, 0.15) is 0 Å². The Morgan fingerprint density at radius 1 is 1.25 bits per heavy atom. The molecule has 3 nitrogen and oxygen atoms in total. The van der Waals surface area contributed by atoms with Crippen LogP contribution in [0.2, 0.25) is 0 Å². The van der Waals surface area contributed by atoms with E-state index >= 15 is 0 Å². The largest absolute Gasteiger partial charge is 0.399 e. The van der Waals surface area contributed by atoms with Crippen LogP contribution in [0.25, 0.3) is 0 Å². The van der Waals surface area contributed by atoms with Crippen molar-refractivity contribution in [3.63, 3.8) is 0 Å². The van der Waals surface area contributed by atoms with E-state index in [0.717, 1.165) is 27.0 Å². The SMILES string of the molecule is Cc1ccc(NC(=O)CCc2ccccc2N)cc1Br. The standard InChI is InChI=1S/C16H17BrN2O/c1-11-6-8-13(10-14(11)17)19-16(20)9-7-12-4-2-3-5-15(12)18/h2-6,8,10H,7,9,18H2,1H3,(H,19,20). The molecule has 20 heavy (non-hydrogen) atoms. The van der Waals surface area contributed by atoms with Gasteiger partial charge in [0, 0.05) is 22.3 Å². The zero-order valence-corrected chi connectivity index (χ0v) is 12.9. The second kappa shape index (κ2) is 6.57. The van der Waals surface area contributed by atoms with E-state index in [-0.39, 0.29) is 5.91 Å². The highest BCUT2D eigenvalue weighted by Crippen LogP contribution is 2.21. The number of nitrogen functional groups attached to an aromatic ring is 1. The van der Waals surface area contributed by atoms with Crippen molar-refractivity contribution < 1.29 is 4.79 Å². The van der Waals surface area contributed by atoms with Gasteiger partial charge in [-0.25, -0.2) is 0 Å². The summed E-state index contributed by atoms with van der Waals surface area (Å²) < 4.78 is 0.989. The Balaban J connectivity index is 1.93. The Labute approximate surface area is 127 Å². The number of nitrogens with one attached hydrogen (secondary N) is 1. The van der Waals surface area contributed by atoms with Crippen LogP contribution in [-0.2, 0) is 11.2 Å². The lowest BCUT2D eigenvalue weighted by Crippen LogP contribution is -2.12. The Kier molecular flexibility index (Phi) is 4.79. The molecular weight excluding hydrogens is 316 g/mol. The quantitative estimate of drug-likeness (QED) is 0.834. The van der Waals surface area contributed by atoms with E-state index in [2.05, 4.69) is 21.2 Å². The zero-order valence-electron chi connectivity index (χ0n) is 11.3. The molecule has 0 saturated heterocycles. The molecule has 0 aliphatic carbocycles. The molecule has 3 N–H and O–H groups in total. The van der Waals surface area contributed by atoms with Crippen LogP contribution < -0.4 is 11.1 Å². The molecule has 0 bridgehead atoms. The molecule has 0 heterocycles. The Bertz CT molecular complexity index is 626. The molecule has 4 heteroatoms. The lowest BCUT2D eigenvalue weighted by molar-refractivity contribution is -0.116. The number of hydrogen-bond acceptors (Lipinski definition) is 2. The Hall–Kier alpha value is -1.81. The van der Waals surface area contributed by atoms with E-state index in [1.165, 1.54) is 0 Å². The van der Waals surface area contributed by atoms with Crippen molar-refractivity contribution in [3.05, 3.63) is 58.1 Å². The van der Waals surface area contributed by atoms with Crippen LogP contribution in [0.1, 0.15) is 17.5 Å². The minimum atomic E-state index is -0.0102. The fourth-order valence-electron chi connectivity index (χ4n) is 1.90. The highest BCUT2D eigenvalue weighted by Gasteiger charge is 2.06. The molecular formula is C16H17BrN2O. The summed E-state index contributed by atoms with van der Waals surface area (Å²) in [7, 11) is 0. The van der Waals surface area contributed by atoms with E-state index < -0.39 is 0 Å². The van der Waals surface area contributed by atoms with Crippen molar-refractivity contribution in [1.82, 2.24) is 0 Å². The Morgan fingerprint density at radius 3 is 2.70 bits per heavy atom. The number of para-hydroxylation sites is 1. The number of aryl methyl sites for hydroxylation is 2. The summed E-state index contributed by atoms with van der Waals surface area (Å²) in [5, 5.41) is 2.89. The summed E-state index contributed by atoms with van der Waals surface area (Å²) in [6.07, 6.45) is 1.06. The normalized spacial score (nSPS) is 10.3. The minimum Gasteiger partial charge on any atom is -0.399 e. The number of carbonyl (C=O) groups excluding carboxylic acids is 1. The fraction of sp³-hybridized carbons (Fsp3) is 0.188. The van der Waals surface area contributed by atoms with Crippen molar-refractivity contribution >= 4 is 33.2 Å². The number of anilines is 2. The third-order valence-electron chi connectivity index (χ3n) is 3.13. The summed E-state index contributed by atoms with van der Waals surface area (Å²) in [6, 6.07) is 13.4. The molecule has 0 aromatic heterocycles. The van der Waals surface area contributed by atoms with E-state index in [1.807, 2.05) is 49.4 Å². The molecule has 2 aromatic rings. The molecule has 0 aliphatic heterocycles. The third kappa shape index (κ3) is 3.84. The predicted molar refractivity (Wildman–Crippen MR) is 86.7 cm³/mol. The fourth-order valence-corrected chi connectivity index (χ4v) is 2.28. The van der Waals surface area contributed by atoms with Gasteiger partial charge in [0.2, 0.25) is 5.91 Å². The summed E-state index contributed by atoms with van der Waals surface area (Å²) >= 11 is 3.45. The molecule has 2 rings (SSSR count). The summed E-state index contributed by atoms with van der Waals surface area (Å²) in [6.45, 7) is 2.01. The second-order valence-electron chi connectivity index (χ2n) is 4.71. The second-order valence-corrected chi connectivity index (χ2v) is 5.57. The van der Waals surface area contributed by atoms with Crippen molar-refractivity contribution in [2.24, 2.45) is 0 Å². The molecule has 0 spiro atoms. The van der Waals surface area contributed by atoms with Gasteiger partial charge in [0.15, 0.2) is 0 Å². The number of rotatable bonds is 4. The van der Waals surface area contributed by atoms with Gasteiger partial charge in [-0.15, -0.1) is 0 Å². The highest BCUT2D eigenvalue weighted by molar-refractivity contribution is 9.10. The molecule has 0 fully saturated rings. The lowest BCUT2D eigenvalue weighted by atomic mass is 10.1. The number of nitrogens with two attached hydrogens (primary N) is 1. The van der Waals surface area contributed by atoms with Crippen LogP contribution in [0.4, 0.5) is 11.4 Å². The predicted octanol–water partition coefficient (Wildman–Crippen LogP) is 3.91. The molecule has 0 aliphatic rings. The van der Waals surface area contributed by atoms with Gasteiger partial charge in [0.25, 0.3) is 0 Å². The van der Waals surface area contributed by atoms with Crippen molar-refractivity contribution in [2.75, 3.05) is 11.1 Å². The first-order chi connectivity index (χ1) is 9.56. The average Bonchev–Trinajstić information content (AvgIpc) is 2.42. The molecule has 1 amide bonds. The molecule has 2 aromatic carbocycles. The van der Waals surface area contributed by atoms with Crippen molar-refractivity contribution in [2.45, 2.75) is 19.8 Å². The molecule has 0 radical (unpaired) electrons. The molecule has 0 saturated carbocycles. The van der Waals surface area contributed by atoms with Crippen LogP contribution in [0, 0.1) is 6.92 Å². The van der Waals surface area contributed by atoms with Gasteiger partial charge in [-0.2, -0.15) is 0 Å². The number of hydrogen-bond donors (Lipinski definition) is 2. The van der Waals surface area contributed by atoms with Gasteiger partial charge >= 0.3 is 0 Å². The molecule has 0 atom stereocenters. The van der Waals surface area contributed by atoms with E-state index in [0.29, 0.717) is 12.8 Å². The summed E-state index contributed by atoms with van der Waals surface area (Å²) in [5.41, 5.74) is 9.54. The van der Waals surface area contributed by atoms with E-state index in [9.17, 15) is 4.79 Å². The number of halogens is 1. The van der Waals surface area contributed by atoms with E-state index in [4.69, 9.17) is 5.73 Å². The van der Waals surface area contributed by atoms with Crippen LogP contribution in [0.3, 0.4) is 0 Å². The van der Waals surface area contributed by atoms with Crippen LogP contribution in [0.15, 0.2) is 46.9 Å². The topological polar surface area (TPSA) is 55.1 Å². The summed E-state index contributed by atoms with van der Waals surface area (Å²) in [5.74, 6) is -0.0102. The van der Waals surface area contributed by atoms with Crippen LogP contribution in [-0.4, -0.2) is 5.91 Å². The van der Waals surface area contributed by atoms with Crippen LogP contribution >= 0.6 is 15.9 Å². The van der Waals surface area contributed by atoms with Crippen molar-refractivity contribution in [1.29, 1.82) is 0 Å². The third-order valence-corrected chi connectivity index (χ3v) is 3.99. The number of amides is 1. The first kappa shape index (κ1) is 14.6. The lowest BCUT2D eigenvalue weighted by Gasteiger charge is -2.08. The van der Waals surface area contributed by atoms with E-state index in [1.54, 1.807) is 0 Å². The number of carbonyl (C=O) groups is 1. The smallest absolute Gasteiger partial charge is 0.224 e. The zero-order chi connectivity index (χ0) is 14.5. The first-order valence-corrected chi connectivity index (χ1v) is 7.25. The van der Waals surface area contributed by atoms with Crippen molar-refractivity contribution in [3.8, 4) is 0 Å². The highest BCUT2D eigenvalue weighted by atomic mass is 79.9. The van der Waals surface area contributed by atoms with Gasteiger partial charge in [0.05, 0.1) is 0 Å². The summed E-state index contributed by atoms with van der Waals surface area (Å²) in [4.78, 5) is 11.9. The number of benzene rings is 2. The molecule has 104 valence electrons. The van der Waals surface area contributed by atoms with Gasteiger partial charge < -0.3 is 11.1 Å². The maximum absolute atomic E-state index is 11.9. The Morgan fingerprint density at radius 2 is 2.00 bits per heavy atom. The molecule has 0 unspecified atom stereocenters. The maximum Gasteiger partial charge on any atom is 0.224 e. The van der Waals surface area contributed by atoms with Gasteiger partial charge in [-0.3, -0.25) is 4.79 Å². The first-order valence-electron chi connectivity index (χ1n) is 6.45. The maximum atomic E-state index is 11.9. The average molecular weight is 333 g/mol. The van der Waals surface area contributed by atoms with Gasteiger partial charge in [-0.1, -0.05) is 40.2 Å². The minimum absolute atomic E-state index is 0.0102. The van der Waals surface area contributed by atoms with Gasteiger partial charge in [-0.05, 0) is 42.7 Å².